The Bertz CT molecular complexity index is 634. The summed E-state index contributed by atoms with van der Waals surface area (Å²) in [7, 11) is 0. The highest BCUT2D eigenvalue weighted by atomic mass is 16.6. The summed E-state index contributed by atoms with van der Waals surface area (Å²) in [4.78, 5) is 14.8. The monoisotopic (exact) mass is 262 g/mol. The van der Waals surface area contributed by atoms with Crippen LogP contribution in [0.25, 0.3) is 5.69 Å². The van der Waals surface area contributed by atoms with Crippen LogP contribution in [0.4, 0.5) is 5.69 Å². The molecule has 19 heavy (non-hydrogen) atoms. The zero-order valence-corrected chi connectivity index (χ0v) is 10.9. The number of aliphatic hydroxyl groups excluding tert-OH is 1. The molecule has 0 bridgehead atoms. The summed E-state index contributed by atoms with van der Waals surface area (Å²) in [5, 5.41) is 24.8. The quantitative estimate of drug-likeness (QED) is 0.672. The lowest BCUT2D eigenvalue weighted by molar-refractivity contribution is -0.384. The fourth-order valence-corrected chi connectivity index (χ4v) is 1.87. The summed E-state index contributed by atoms with van der Waals surface area (Å²) >= 11 is 0. The molecule has 7 heteroatoms. The summed E-state index contributed by atoms with van der Waals surface area (Å²) < 4.78 is 1.43. The zero-order chi connectivity index (χ0) is 14.2. The Morgan fingerprint density at radius 2 is 2.11 bits per heavy atom. The Morgan fingerprint density at radius 3 is 2.58 bits per heavy atom. The van der Waals surface area contributed by atoms with Crippen molar-refractivity contribution in [3.63, 3.8) is 0 Å². The standard InChI is InChI=1S/C12H14N4O3/c1-7(17)10-4-5-11(12(6-10)16(18)19)15-9(3)13-8(2)14-15/h4-7,17H,1-3H3. The smallest absolute Gasteiger partial charge is 0.295 e. The fraction of sp³-hybridized carbons (Fsp3) is 0.333. The van der Waals surface area contributed by atoms with Crippen molar-refractivity contribution in [1.82, 2.24) is 14.8 Å². The number of hydrogen-bond donors (Lipinski definition) is 1. The van der Waals surface area contributed by atoms with Crippen molar-refractivity contribution in [1.29, 1.82) is 0 Å². The second-order valence-corrected chi connectivity index (χ2v) is 4.30. The molecule has 0 radical (unpaired) electrons. The predicted molar refractivity (Wildman–Crippen MR) is 68.1 cm³/mol. The third-order valence-electron chi connectivity index (χ3n) is 2.78. The number of aryl methyl sites for hydroxylation is 2. The average Bonchev–Trinajstić information content (AvgIpc) is 2.67. The molecule has 1 unspecified atom stereocenters. The van der Waals surface area contributed by atoms with Gasteiger partial charge in [-0.05, 0) is 32.4 Å². The van der Waals surface area contributed by atoms with Gasteiger partial charge in [0, 0.05) is 6.07 Å². The van der Waals surface area contributed by atoms with Crippen LogP contribution in [-0.4, -0.2) is 24.8 Å². The minimum absolute atomic E-state index is 0.105. The highest BCUT2D eigenvalue weighted by Gasteiger charge is 2.20. The van der Waals surface area contributed by atoms with Crippen molar-refractivity contribution < 1.29 is 10.0 Å². The molecule has 1 aromatic heterocycles. The fourth-order valence-electron chi connectivity index (χ4n) is 1.87. The summed E-state index contributed by atoms with van der Waals surface area (Å²) in [5.74, 6) is 1.12. The highest BCUT2D eigenvalue weighted by molar-refractivity contribution is 5.54. The van der Waals surface area contributed by atoms with E-state index in [4.69, 9.17) is 0 Å². The number of rotatable bonds is 3. The van der Waals surface area contributed by atoms with E-state index in [2.05, 4.69) is 10.1 Å². The number of nitro benzene ring substituents is 1. The largest absolute Gasteiger partial charge is 0.389 e. The Kier molecular flexibility index (Phi) is 3.30. The summed E-state index contributed by atoms with van der Waals surface area (Å²) in [6, 6.07) is 4.57. The van der Waals surface area contributed by atoms with Gasteiger partial charge in [0.05, 0.1) is 11.0 Å². The lowest BCUT2D eigenvalue weighted by Gasteiger charge is -2.08. The van der Waals surface area contributed by atoms with Crippen LogP contribution >= 0.6 is 0 Å². The van der Waals surface area contributed by atoms with E-state index in [1.54, 1.807) is 32.9 Å². The Hall–Kier alpha value is -2.28. The molecular weight excluding hydrogens is 248 g/mol. The number of aliphatic hydroxyl groups is 1. The molecule has 1 aromatic carbocycles. The van der Waals surface area contributed by atoms with Crippen molar-refractivity contribution in [2.24, 2.45) is 0 Å². The van der Waals surface area contributed by atoms with Crippen LogP contribution in [0, 0.1) is 24.0 Å². The van der Waals surface area contributed by atoms with E-state index < -0.39 is 11.0 Å². The topological polar surface area (TPSA) is 94.1 Å². The van der Waals surface area contributed by atoms with Crippen molar-refractivity contribution in [2.45, 2.75) is 26.9 Å². The first-order valence-electron chi connectivity index (χ1n) is 5.77. The van der Waals surface area contributed by atoms with Gasteiger partial charge in [-0.1, -0.05) is 6.07 Å². The highest BCUT2D eigenvalue weighted by Crippen LogP contribution is 2.27. The normalized spacial score (nSPS) is 12.4. The number of benzene rings is 1. The number of aromatic nitrogens is 3. The van der Waals surface area contributed by atoms with Crippen LogP contribution in [0.3, 0.4) is 0 Å². The van der Waals surface area contributed by atoms with Crippen LogP contribution in [-0.2, 0) is 0 Å². The molecule has 1 N–H and O–H groups in total. The molecule has 2 rings (SSSR count). The molecule has 0 aliphatic rings. The van der Waals surface area contributed by atoms with Crippen LogP contribution < -0.4 is 0 Å². The minimum atomic E-state index is -0.758. The molecule has 7 nitrogen and oxygen atoms in total. The van der Waals surface area contributed by atoms with Crippen molar-refractivity contribution in [2.75, 3.05) is 0 Å². The third kappa shape index (κ3) is 2.45. The zero-order valence-electron chi connectivity index (χ0n) is 10.9. The van der Waals surface area contributed by atoms with E-state index in [1.165, 1.54) is 10.7 Å². The molecule has 0 amide bonds. The summed E-state index contributed by atoms with van der Waals surface area (Å²) in [5.41, 5.74) is 0.726. The molecule has 100 valence electrons. The Morgan fingerprint density at radius 1 is 1.42 bits per heavy atom. The van der Waals surface area contributed by atoms with Crippen LogP contribution in [0.5, 0.6) is 0 Å². The van der Waals surface area contributed by atoms with Gasteiger partial charge in [0.25, 0.3) is 5.69 Å². The number of hydrogen-bond acceptors (Lipinski definition) is 5. The molecule has 0 aliphatic carbocycles. The van der Waals surface area contributed by atoms with Gasteiger partial charge in [0.2, 0.25) is 0 Å². The van der Waals surface area contributed by atoms with Crippen LogP contribution in [0.15, 0.2) is 18.2 Å². The Labute approximate surface area is 109 Å². The van der Waals surface area contributed by atoms with Gasteiger partial charge in [-0.2, -0.15) is 5.10 Å². The second kappa shape index (κ2) is 4.77. The van der Waals surface area contributed by atoms with Gasteiger partial charge >= 0.3 is 0 Å². The molecule has 1 atom stereocenters. The minimum Gasteiger partial charge on any atom is -0.389 e. The molecule has 0 spiro atoms. The number of nitro groups is 1. The first kappa shape index (κ1) is 13.2. The second-order valence-electron chi connectivity index (χ2n) is 4.30. The van der Waals surface area contributed by atoms with E-state index in [9.17, 15) is 15.2 Å². The molecule has 0 aliphatic heterocycles. The van der Waals surface area contributed by atoms with E-state index in [0.717, 1.165) is 0 Å². The molecule has 1 heterocycles. The predicted octanol–water partition coefficient (Wildman–Crippen LogP) is 1.85. The molecule has 2 aromatic rings. The van der Waals surface area contributed by atoms with E-state index in [1.807, 2.05) is 0 Å². The molecule has 0 saturated heterocycles. The van der Waals surface area contributed by atoms with Crippen LogP contribution in [0.1, 0.15) is 30.2 Å². The molecule has 0 fully saturated rings. The van der Waals surface area contributed by atoms with Gasteiger partial charge in [-0.3, -0.25) is 10.1 Å². The van der Waals surface area contributed by atoms with Crippen molar-refractivity contribution in [3.05, 3.63) is 45.5 Å². The van der Waals surface area contributed by atoms with Crippen molar-refractivity contribution >= 4 is 5.69 Å². The van der Waals surface area contributed by atoms with Gasteiger partial charge in [-0.15, -0.1) is 0 Å². The van der Waals surface area contributed by atoms with Gasteiger partial charge in [0.15, 0.2) is 0 Å². The summed E-state index contributed by atoms with van der Waals surface area (Å²) in [6.07, 6.45) is -0.758. The SMILES string of the molecule is Cc1nc(C)n(-c2ccc(C(C)O)cc2[N+](=O)[O-])n1. The lowest BCUT2D eigenvalue weighted by Crippen LogP contribution is -2.05. The summed E-state index contributed by atoms with van der Waals surface area (Å²) in [6.45, 7) is 5.01. The maximum atomic E-state index is 11.2. The van der Waals surface area contributed by atoms with E-state index in [-0.39, 0.29) is 5.69 Å². The third-order valence-corrected chi connectivity index (χ3v) is 2.78. The first-order valence-corrected chi connectivity index (χ1v) is 5.77. The van der Waals surface area contributed by atoms with E-state index in [0.29, 0.717) is 22.9 Å². The maximum absolute atomic E-state index is 11.2. The molecule has 0 saturated carbocycles. The average molecular weight is 262 g/mol. The van der Waals surface area contributed by atoms with Gasteiger partial charge in [0.1, 0.15) is 17.3 Å². The van der Waals surface area contributed by atoms with E-state index >= 15 is 0 Å². The van der Waals surface area contributed by atoms with Crippen molar-refractivity contribution in [3.8, 4) is 5.69 Å². The lowest BCUT2D eigenvalue weighted by atomic mass is 10.1. The van der Waals surface area contributed by atoms with Crippen LogP contribution in [0.2, 0.25) is 0 Å². The number of nitrogens with zero attached hydrogens (tertiary/aromatic N) is 4. The first-order chi connectivity index (χ1) is 8.90. The van der Waals surface area contributed by atoms with Gasteiger partial charge in [-0.25, -0.2) is 9.67 Å². The molecular formula is C12H14N4O3. The van der Waals surface area contributed by atoms with Gasteiger partial charge < -0.3 is 5.11 Å². The Balaban J connectivity index is 2.63. The maximum Gasteiger partial charge on any atom is 0.295 e.